The van der Waals surface area contributed by atoms with E-state index < -0.39 is 0 Å². The molecule has 23 heavy (non-hydrogen) atoms. The van der Waals surface area contributed by atoms with Crippen LogP contribution in [0.25, 0.3) is 0 Å². The van der Waals surface area contributed by atoms with Gasteiger partial charge in [-0.3, -0.25) is 4.99 Å². The Bertz CT molecular complexity index is 560. The quantitative estimate of drug-likeness (QED) is 0.421. The Morgan fingerprint density at radius 2 is 2.30 bits per heavy atom. The molecule has 2 N–H and O–H groups in total. The fourth-order valence-electron chi connectivity index (χ4n) is 3.73. The van der Waals surface area contributed by atoms with Crippen LogP contribution in [0, 0.1) is 11.3 Å². The third-order valence-corrected chi connectivity index (χ3v) is 6.00. The van der Waals surface area contributed by atoms with Gasteiger partial charge in [0.1, 0.15) is 0 Å². The number of aliphatic imine (C=N–C) groups is 1. The molecular weight excluding hydrogens is 423 g/mol. The Labute approximate surface area is 159 Å². The van der Waals surface area contributed by atoms with Crippen molar-refractivity contribution in [2.24, 2.45) is 16.3 Å². The molecule has 0 amide bonds. The van der Waals surface area contributed by atoms with Crippen molar-refractivity contribution in [2.75, 3.05) is 13.7 Å². The number of hydrogen-bond acceptors (Lipinski definition) is 4. The predicted molar refractivity (Wildman–Crippen MR) is 106 cm³/mol. The van der Waals surface area contributed by atoms with E-state index in [9.17, 15) is 0 Å². The molecule has 3 atom stereocenters. The Kier molecular flexibility index (Phi) is 6.29. The highest BCUT2D eigenvalue weighted by Crippen LogP contribution is 2.52. The molecule has 2 fully saturated rings. The fourth-order valence-corrected chi connectivity index (χ4v) is 4.47. The number of aromatic nitrogens is 1. The number of hydrogen-bond donors (Lipinski definition) is 2. The van der Waals surface area contributed by atoms with Crippen LogP contribution in [0.4, 0.5) is 0 Å². The number of guanidine groups is 1. The summed E-state index contributed by atoms with van der Waals surface area (Å²) in [6.45, 7) is 8.29. The highest BCUT2D eigenvalue weighted by atomic mass is 127. The number of thiazole rings is 1. The molecule has 1 saturated heterocycles. The van der Waals surface area contributed by atoms with Gasteiger partial charge in [-0.05, 0) is 12.8 Å². The van der Waals surface area contributed by atoms with Crippen molar-refractivity contribution >= 4 is 41.3 Å². The summed E-state index contributed by atoms with van der Waals surface area (Å²) in [4.78, 5) is 8.94. The lowest BCUT2D eigenvalue weighted by Crippen LogP contribution is -2.67. The number of aryl methyl sites for hydroxylation is 1. The first-order valence-corrected chi connectivity index (χ1v) is 8.96. The maximum Gasteiger partial charge on any atom is 0.191 e. The molecule has 0 bridgehead atoms. The molecular formula is C16H27IN4OS. The lowest BCUT2D eigenvalue weighted by Gasteiger charge is -2.54. The lowest BCUT2D eigenvalue weighted by atomic mass is 9.57. The monoisotopic (exact) mass is 450 g/mol. The number of ether oxygens (including phenoxy) is 1. The number of rotatable bonds is 4. The standard InChI is InChI=1S/C16H26N4OS.HI/c1-5-12-19-10(9-22-12)8-18-15(17-4)20-13-11-6-7-21-14(11)16(13,2)3;/h9,11,13-14H,5-8H2,1-4H3,(H2,17,18,20);1H. The summed E-state index contributed by atoms with van der Waals surface area (Å²) in [5, 5.41) is 10.3. The van der Waals surface area contributed by atoms with Crippen molar-refractivity contribution in [1.29, 1.82) is 0 Å². The number of nitrogens with one attached hydrogen (secondary N) is 2. The van der Waals surface area contributed by atoms with Crippen LogP contribution in [0.2, 0.25) is 0 Å². The van der Waals surface area contributed by atoms with Crippen molar-refractivity contribution < 1.29 is 4.74 Å². The number of fused-ring (bicyclic) bond motifs is 1. The lowest BCUT2D eigenvalue weighted by molar-refractivity contribution is -0.106. The van der Waals surface area contributed by atoms with Crippen LogP contribution in [0.5, 0.6) is 0 Å². The van der Waals surface area contributed by atoms with Gasteiger partial charge >= 0.3 is 0 Å². The van der Waals surface area contributed by atoms with E-state index in [1.807, 2.05) is 7.05 Å². The van der Waals surface area contributed by atoms with E-state index in [2.05, 4.69) is 46.8 Å². The van der Waals surface area contributed by atoms with Crippen molar-refractivity contribution in [3.63, 3.8) is 0 Å². The molecule has 1 aromatic rings. The summed E-state index contributed by atoms with van der Waals surface area (Å²) < 4.78 is 5.85. The van der Waals surface area contributed by atoms with Gasteiger partial charge in [0.15, 0.2) is 5.96 Å². The third-order valence-electron chi connectivity index (χ3n) is 4.96. The van der Waals surface area contributed by atoms with Gasteiger partial charge < -0.3 is 15.4 Å². The van der Waals surface area contributed by atoms with Gasteiger partial charge in [0, 0.05) is 36.4 Å². The maximum absolute atomic E-state index is 5.85. The van der Waals surface area contributed by atoms with E-state index in [1.165, 1.54) is 5.01 Å². The Morgan fingerprint density at radius 3 is 2.96 bits per heavy atom. The van der Waals surface area contributed by atoms with Crippen LogP contribution in [-0.2, 0) is 17.7 Å². The second-order valence-corrected chi connectivity index (χ2v) is 7.64. The van der Waals surface area contributed by atoms with E-state index in [4.69, 9.17) is 4.74 Å². The first-order chi connectivity index (χ1) is 10.6. The zero-order chi connectivity index (χ0) is 15.7. The smallest absolute Gasteiger partial charge is 0.191 e. The van der Waals surface area contributed by atoms with Crippen molar-refractivity contribution in [3.05, 3.63) is 16.1 Å². The first-order valence-electron chi connectivity index (χ1n) is 8.08. The molecule has 1 aliphatic carbocycles. The second-order valence-electron chi connectivity index (χ2n) is 6.70. The molecule has 3 rings (SSSR count). The molecule has 0 radical (unpaired) electrons. The molecule has 2 heterocycles. The van der Waals surface area contributed by atoms with E-state index in [0.29, 0.717) is 24.6 Å². The minimum Gasteiger partial charge on any atom is -0.377 e. The minimum atomic E-state index is 0. The van der Waals surface area contributed by atoms with Crippen LogP contribution in [0.15, 0.2) is 10.4 Å². The molecule has 7 heteroatoms. The molecule has 3 unspecified atom stereocenters. The average Bonchev–Trinajstić information content (AvgIpc) is 3.15. The van der Waals surface area contributed by atoms with Gasteiger partial charge in [0.2, 0.25) is 0 Å². The van der Waals surface area contributed by atoms with Crippen LogP contribution in [0.3, 0.4) is 0 Å². The summed E-state index contributed by atoms with van der Waals surface area (Å²) in [5.74, 6) is 1.47. The van der Waals surface area contributed by atoms with Gasteiger partial charge in [0.05, 0.1) is 23.4 Å². The number of nitrogens with zero attached hydrogens (tertiary/aromatic N) is 2. The third kappa shape index (κ3) is 3.66. The van der Waals surface area contributed by atoms with Gasteiger partial charge in [-0.25, -0.2) is 4.98 Å². The summed E-state index contributed by atoms with van der Waals surface area (Å²) >= 11 is 1.72. The fraction of sp³-hybridized carbons (Fsp3) is 0.750. The molecule has 1 saturated carbocycles. The minimum absolute atomic E-state index is 0. The average molecular weight is 450 g/mol. The summed E-state index contributed by atoms with van der Waals surface area (Å²) in [6, 6.07) is 0.424. The van der Waals surface area contributed by atoms with Crippen LogP contribution >= 0.6 is 35.3 Å². The zero-order valence-corrected chi connectivity index (χ0v) is 17.4. The Morgan fingerprint density at radius 1 is 1.52 bits per heavy atom. The SMILES string of the molecule is CCc1nc(CNC(=NC)NC2C3CCOC3C2(C)C)cs1.I. The second kappa shape index (κ2) is 7.65. The normalized spacial score (nSPS) is 28.5. The van der Waals surface area contributed by atoms with Crippen molar-refractivity contribution in [2.45, 2.75) is 52.3 Å². The van der Waals surface area contributed by atoms with E-state index >= 15 is 0 Å². The van der Waals surface area contributed by atoms with Crippen LogP contribution in [-0.4, -0.2) is 36.7 Å². The summed E-state index contributed by atoms with van der Waals surface area (Å²) in [7, 11) is 1.82. The molecule has 0 aromatic carbocycles. The van der Waals surface area contributed by atoms with Crippen LogP contribution < -0.4 is 10.6 Å². The van der Waals surface area contributed by atoms with Gasteiger partial charge in [-0.2, -0.15) is 0 Å². The molecule has 0 spiro atoms. The van der Waals surface area contributed by atoms with Crippen molar-refractivity contribution in [1.82, 2.24) is 15.6 Å². The summed E-state index contributed by atoms with van der Waals surface area (Å²) in [5.41, 5.74) is 1.24. The largest absolute Gasteiger partial charge is 0.377 e. The van der Waals surface area contributed by atoms with Gasteiger partial charge in [0.25, 0.3) is 0 Å². The van der Waals surface area contributed by atoms with Crippen LogP contribution in [0.1, 0.15) is 37.9 Å². The number of halogens is 1. The molecule has 5 nitrogen and oxygen atoms in total. The topological polar surface area (TPSA) is 58.5 Å². The molecule has 2 aliphatic rings. The van der Waals surface area contributed by atoms with Gasteiger partial charge in [-0.1, -0.05) is 20.8 Å². The van der Waals surface area contributed by atoms with E-state index in [-0.39, 0.29) is 29.4 Å². The van der Waals surface area contributed by atoms with Crippen molar-refractivity contribution in [3.8, 4) is 0 Å². The summed E-state index contributed by atoms with van der Waals surface area (Å²) in [6.07, 6.45) is 2.54. The first kappa shape index (κ1) is 18.9. The highest BCUT2D eigenvalue weighted by Gasteiger charge is 2.59. The molecule has 1 aliphatic heterocycles. The van der Waals surface area contributed by atoms with Gasteiger partial charge in [-0.15, -0.1) is 35.3 Å². The molecule has 1 aromatic heterocycles. The maximum atomic E-state index is 5.85. The molecule has 130 valence electrons. The zero-order valence-electron chi connectivity index (χ0n) is 14.3. The Hall–Kier alpha value is -0.410. The van der Waals surface area contributed by atoms with E-state index in [0.717, 1.165) is 31.1 Å². The predicted octanol–water partition coefficient (Wildman–Crippen LogP) is 2.80. The Balaban J connectivity index is 0.00000192. The van der Waals surface area contributed by atoms with E-state index in [1.54, 1.807) is 11.3 Å². The highest BCUT2D eigenvalue weighted by molar-refractivity contribution is 14.0.